The lowest BCUT2D eigenvalue weighted by Crippen LogP contribution is -1.93. The first-order valence-corrected chi connectivity index (χ1v) is 7.98. The van der Waals surface area contributed by atoms with E-state index in [0.717, 1.165) is 46.9 Å². The zero-order valence-corrected chi connectivity index (χ0v) is 12.6. The van der Waals surface area contributed by atoms with Gasteiger partial charge in [0, 0.05) is 10.9 Å². The minimum absolute atomic E-state index is 0.250. The molecule has 1 aliphatic carbocycles. The molecule has 0 bridgehead atoms. The third-order valence-corrected chi connectivity index (χ3v) is 4.91. The highest BCUT2D eigenvalue weighted by Gasteiger charge is 2.26. The number of aryl methyl sites for hydroxylation is 1. The van der Waals surface area contributed by atoms with E-state index in [2.05, 4.69) is 12.1 Å². The van der Waals surface area contributed by atoms with Crippen LogP contribution in [0, 0.1) is 0 Å². The average molecular weight is 304 g/mol. The molecule has 0 saturated carbocycles. The highest BCUT2D eigenvalue weighted by Crippen LogP contribution is 2.48. The van der Waals surface area contributed by atoms with Gasteiger partial charge in [-0.3, -0.25) is 0 Å². The van der Waals surface area contributed by atoms with Crippen molar-refractivity contribution in [3.63, 3.8) is 0 Å². The Labute approximate surface area is 134 Å². The van der Waals surface area contributed by atoms with Crippen LogP contribution in [0.2, 0.25) is 0 Å². The van der Waals surface area contributed by atoms with Crippen molar-refractivity contribution in [2.24, 2.45) is 0 Å². The maximum atomic E-state index is 11.0. The molecule has 2 aliphatic rings. The monoisotopic (exact) mass is 304 g/mol. The van der Waals surface area contributed by atoms with Crippen LogP contribution in [0.1, 0.15) is 17.5 Å². The third kappa shape index (κ3) is 1.76. The number of hydrogen-bond donors (Lipinski definition) is 1. The molecule has 0 atom stereocenters. The number of ether oxygens (including phenoxy) is 2. The molecule has 3 aromatic carbocycles. The van der Waals surface area contributed by atoms with E-state index in [1.165, 1.54) is 11.1 Å². The van der Waals surface area contributed by atoms with Gasteiger partial charge in [-0.15, -0.1) is 0 Å². The lowest BCUT2D eigenvalue weighted by atomic mass is 9.90. The van der Waals surface area contributed by atoms with E-state index in [-0.39, 0.29) is 6.79 Å². The summed E-state index contributed by atoms with van der Waals surface area (Å²) in [5.74, 6) is 1.84. The van der Waals surface area contributed by atoms with Crippen molar-refractivity contribution in [1.82, 2.24) is 0 Å². The van der Waals surface area contributed by atoms with Crippen LogP contribution in [0.25, 0.3) is 21.9 Å². The fourth-order valence-corrected chi connectivity index (χ4v) is 3.90. The second-order valence-corrected chi connectivity index (χ2v) is 6.15. The summed E-state index contributed by atoms with van der Waals surface area (Å²) in [7, 11) is 0. The van der Waals surface area contributed by atoms with Crippen LogP contribution < -0.4 is 9.47 Å². The minimum atomic E-state index is 0.250. The van der Waals surface area contributed by atoms with Crippen LogP contribution in [-0.2, 0) is 12.8 Å². The molecule has 0 aromatic heterocycles. The zero-order chi connectivity index (χ0) is 15.4. The molecule has 3 nitrogen and oxygen atoms in total. The lowest BCUT2D eigenvalue weighted by Gasteiger charge is -2.16. The molecule has 0 saturated heterocycles. The molecule has 3 aromatic rings. The van der Waals surface area contributed by atoms with Crippen molar-refractivity contribution in [1.29, 1.82) is 0 Å². The summed E-state index contributed by atoms with van der Waals surface area (Å²) in [6, 6.07) is 14.1. The van der Waals surface area contributed by atoms with Gasteiger partial charge in [-0.1, -0.05) is 30.3 Å². The molecular weight excluding hydrogens is 288 g/mol. The van der Waals surface area contributed by atoms with E-state index in [1.807, 2.05) is 30.3 Å². The van der Waals surface area contributed by atoms with Crippen LogP contribution in [0.4, 0.5) is 0 Å². The van der Waals surface area contributed by atoms with E-state index < -0.39 is 0 Å². The quantitative estimate of drug-likeness (QED) is 0.723. The number of phenols is 1. The molecule has 0 radical (unpaired) electrons. The summed E-state index contributed by atoms with van der Waals surface area (Å²) < 4.78 is 11.0. The lowest BCUT2D eigenvalue weighted by molar-refractivity contribution is 0.174. The second kappa shape index (κ2) is 4.66. The number of benzene rings is 3. The Bertz CT molecular complexity index is 929. The molecule has 1 aliphatic heterocycles. The van der Waals surface area contributed by atoms with Crippen LogP contribution in [0.5, 0.6) is 17.2 Å². The minimum Gasteiger partial charge on any atom is -0.507 e. The van der Waals surface area contributed by atoms with Crippen molar-refractivity contribution in [3.8, 4) is 28.4 Å². The normalized spacial score (nSPS) is 15.1. The van der Waals surface area contributed by atoms with Crippen LogP contribution in [0.15, 0.2) is 42.5 Å². The molecule has 23 heavy (non-hydrogen) atoms. The Morgan fingerprint density at radius 3 is 2.30 bits per heavy atom. The molecular formula is C20H16O3. The fourth-order valence-electron chi connectivity index (χ4n) is 3.90. The van der Waals surface area contributed by atoms with E-state index in [0.29, 0.717) is 11.5 Å². The van der Waals surface area contributed by atoms with Gasteiger partial charge >= 0.3 is 0 Å². The number of fused-ring (bicyclic) bond motifs is 4. The van der Waals surface area contributed by atoms with Crippen molar-refractivity contribution >= 4 is 10.8 Å². The summed E-state index contributed by atoms with van der Waals surface area (Å²) in [5.41, 5.74) is 4.67. The smallest absolute Gasteiger partial charge is 0.231 e. The topological polar surface area (TPSA) is 38.7 Å². The average Bonchev–Trinajstić information content (AvgIpc) is 3.23. The van der Waals surface area contributed by atoms with Crippen LogP contribution in [0.3, 0.4) is 0 Å². The third-order valence-electron chi connectivity index (χ3n) is 4.91. The molecule has 0 fully saturated rings. The summed E-state index contributed by atoms with van der Waals surface area (Å²) in [5, 5.41) is 13.0. The predicted molar refractivity (Wildman–Crippen MR) is 89.2 cm³/mol. The van der Waals surface area contributed by atoms with E-state index >= 15 is 0 Å². The van der Waals surface area contributed by atoms with Gasteiger partial charge in [0.05, 0.1) is 0 Å². The molecule has 1 heterocycles. The zero-order valence-electron chi connectivity index (χ0n) is 12.6. The van der Waals surface area contributed by atoms with Gasteiger partial charge in [0.2, 0.25) is 6.79 Å². The highest BCUT2D eigenvalue weighted by atomic mass is 16.7. The Kier molecular flexibility index (Phi) is 2.60. The standard InChI is InChI=1S/C20H16O3/c21-20-16-10-18-17(22-11-23-18)9-15(16)13-7-4-8-14(13)19(20)12-5-2-1-3-6-12/h1-3,5-6,9-10,21H,4,7-8,11H2. The van der Waals surface area contributed by atoms with Gasteiger partial charge in [0.25, 0.3) is 0 Å². The molecule has 114 valence electrons. The Balaban J connectivity index is 1.90. The Morgan fingerprint density at radius 2 is 1.52 bits per heavy atom. The van der Waals surface area contributed by atoms with Gasteiger partial charge < -0.3 is 14.6 Å². The van der Waals surface area contributed by atoms with Crippen molar-refractivity contribution in [2.75, 3.05) is 6.79 Å². The van der Waals surface area contributed by atoms with E-state index in [4.69, 9.17) is 9.47 Å². The first-order chi connectivity index (χ1) is 11.3. The SMILES string of the molecule is Oc1c(-c2ccccc2)c2c(c3cc4c(cc13)OCO4)CCC2. The first kappa shape index (κ1) is 12.8. The maximum Gasteiger partial charge on any atom is 0.231 e. The van der Waals surface area contributed by atoms with Crippen molar-refractivity contribution in [3.05, 3.63) is 53.6 Å². The van der Waals surface area contributed by atoms with Crippen LogP contribution >= 0.6 is 0 Å². The van der Waals surface area contributed by atoms with Crippen molar-refractivity contribution < 1.29 is 14.6 Å². The predicted octanol–water partition coefficient (Wildman–Crippen LogP) is 4.43. The number of phenolic OH excluding ortho intramolecular Hbond substituents is 1. The van der Waals surface area contributed by atoms with E-state index in [1.54, 1.807) is 0 Å². The highest BCUT2D eigenvalue weighted by molar-refractivity contribution is 6.01. The Morgan fingerprint density at radius 1 is 0.826 bits per heavy atom. The van der Waals surface area contributed by atoms with Crippen molar-refractivity contribution in [2.45, 2.75) is 19.3 Å². The van der Waals surface area contributed by atoms with Gasteiger partial charge in [-0.05, 0) is 53.5 Å². The summed E-state index contributed by atoms with van der Waals surface area (Å²) in [6.45, 7) is 0.250. The van der Waals surface area contributed by atoms with Gasteiger partial charge in [0.1, 0.15) is 5.75 Å². The molecule has 0 spiro atoms. The second-order valence-electron chi connectivity index (χ2n) is 6.15. The van der Waals surface area contributed by atoms with Crippen LogP contribution in [-0.4, -0.2) is 11.9 Å². The Hall–Kier alpha value is -2.68. The molecule has 3 heteroatoms. The molecule has 1 N–H and O–H groups in total. The molecule has 0 unspecified atom stereocenters. The number of rotatable bonds is 1. The summed E-state index contributed by atoms with van der Waals surface area (Å²) in [6.07, 6.45) is 3.19. The maximum absolute atomic E-state index is 11.0. The molecule has 5 rings (SSSR count). The number of hydrogen-bond acceptors (Lipinski definition) is 3. The van der Waals surface area contributed by atoms with Gasteiger partial charge in [-0.25, -0.2) is 0 Å². The summed E-state index contributed by atoms with van der Waals surface area (Å²) in [4.78, 5) is 0. The van der Waals surface area contributed by atoms with E-state index in [9.17, 15) is 5.11 Å². The van der Waals surface area contributed by atoms with Gasteiger partial charge in [0.15, 0.2) is 11.5 Å². The van der Waals surface area contributed by atoms with Gasteiger partial charge in [-0.2, -0.15) is 0 Å². The number of aromatic hydroxyl groups is 1. The largest absolute Gasteiger partial charge is 0.507 e. The first-order valence-electron chi connectivity index (χ1n) is 7.98. The molecule has 0 amide bonds. The summed E-state index contributed by atoms with van der Waals surface area (Å²) >= 11 is 0. The fraction of sp³-hybridized carbons (Fsp3) is 0.200.